The van der Waals surface area contributed by atoms with Gasteiger partial charge in [0.1, 0.15) is 0 Å². The lowest BCUT2D eigenvalue weighted by molar-refractivity contribution is -0.128. The number of carbonyl (C=O) groups excluding carboxylic acids is 2. The Balaban J connectivity index is 1.87. The summed E-state index contributed by atoms with van der Waals surface area (Å²) in [6.07, 6.45) is 0.707. The molecule has 2 N–H and O–H groups in total. The predicted molar refractivity (Wildman–Crippen MR) is 76.0 cm³/mol. The van der Waals surface area contributed by atoms with Crippen molar-refractivity contribution in [3.8, 4) is 0 Å². The Bertz CT molecular complexity index is 512. The van der Waals surface area contributed by atoms with Gasteiger partial charge < -0.3 is 19.9 Å². The Labute approximate surface area is 128 Å². The van der Waals surface area contributed by atoms with Crippen LogP contribution in [-0.2, 0) is 16.1 Å². The van der Waals surface area contributed by atoms with E-state index in [-0.39, 0.29) is 30.2 Å². The number of carbonyl (C=O) groups is 2. The second kappa shape index (κ2) is 7.85. The molecule has 0 aromatic carbocycles. The van der Waals surface area contributed by atoms with Crippen LogP contribution in [0.3, 0.4) is 0 Å². The molecule has 0 radical (unpaired) electrons. The molecule has 0 aliphatic carbocycles. The van der Waals surface area contributed by atoms with E-state index in [0.717, 1.165) is 13.1 Å². The van der Waals surface area contributed by atoms with E-state index in [0.29, 0.717) is 19.6 Å². The SMILES string of the molecule is CC[C@@H](C(=O)NCc1nc(C(=O)NC)no1)N1CCOCC1. The van der Waals surface area contributed by atoms with Crippen LogP contribution in [0.25, 0.3) is 0 Å². The molecule has 22 heavy (non-hydrogen) atoms. The molecule has 1 saturated heterocycles. The number of hydrogen-bond donors (Lipinski definition) is 2. The van der Waals surface area contributed by atoms with Gasteiger partial charge in [0, 0.05) is 20.1 Å². The zero-order chi connectivity index (χ0) is 15.9. The van der Waals surface area contributed by atoms with Crippen molar-refractivity contribution in [1.82, 2.24) is 25.7 Å². The molecular weight excluding hydrogens is 290 g/mol. The van der Waals surface area contributed by atoms with Crippen LogP contribution >= 0.6 is 0 Å². The van der Waals surface area contributed by atoms with E-state index in [1.807, 2.05) is 6.92 Å². The first-order chi connectivity index (χ1) is 10.7. The van der Waals surface area contributed by atoms with Gasteiger partial charge in [-0.25, -0.2) is 0 Å². The summed E-state index contributed by atoms with van der Waals surface area (Å²) >= 11 is 0. The Morgan fingerprint density at radius 1 is 1.36 bits per heavy atom. The van der Waals surface area contributed by atoms with Crippen molar-refractivity contribution in [2.75, 3.05) is 33.4 Å². The first kappa shape index (κ1) is 16.4. The minimum Gasteiger partial charge on any atom is -0.379 e. The fourth-order valence-electron chi connectivity index (χ4n) is 2.31. The van der Waals surface area contributed by atoms with Crippen LogP contribution in [0.4, 0.5) is 0 Å². The van der Waals surface area contributed by atoms with E-state index in [9.17, 15) is 9.59 Å². The van der Waals surface area contributed by atoms with Crippen molar-refractivity contribution in [2.45, 2.75) is 25.9 Å². The van der Waals surface area contributed by atoms with Crippen molar-refractivity contribution < 1.29 is 18.8 Å². The number of nitrogens with one attached hydrogen (secondary N) is 2. The summed E-state index contributed by atoms with van der Waals surface area (Å²) in [6, 6.07) is -0.203. The van der Waals surface area contributed by atoms with Gasteiger partial charge in [-0.15, -0.1) is 0 Å². The fraction of sp³-hybridized carbons (Fsp3) is 0.692. The molecule has 0 saturated carbocycles. The molecule has 0 bridgehead atoms. The van der Waals surface area contributed by atoms with Crippen LogP contribution in [0.5, 0.6) is 0 Å². The normalized spacial score (nSPS) is 17.0. The summed E-state index contributed by atoms with van der Waals surface area (Å²) in [4.78, 5) is 29.6. The molecule has 2 amide bonds. The Morgan fingerprint density at radius 2 is 2.09 bits per heavy atom. The lowest BCUT2D eigenvalue weighted by Crippen LogP contribution is -2.50. The summed E-state index contributed by atoms with van der Waals surface area (Å²) in [5.41, 5.74) is 0. The van der Waals surface area contributed by atoms with Gasteiger partial charge in [0.05, 0.1) is 25.8 Å². The smallest absolute Gasteiger partial charge is 0.292 e. The Kier molecular flexibility index (Phi) is 5.84. The number of amides is 2. The zero-order valence-corrected chi connectivity index (χ0v) is 12.8. The van der Waals surface area contributed by atoms with Gasteiger partial charge in [-0.3, -0.25) is 14.5 Å². The molecule has 2 rings (SSSR count). The highest BCUT2D eigenvalue weighted by molar-refractivity contribution is 5.89. The Morgan fingerprint density at radius 3 is 2.73 bits per heavy atom. The first-order valence-electron chi connectivity index (χ1n) is 7.29. The summed E-state index contributed by atoms with van der Waals surface area (Å²) < 4.78 is 10.2. The number of rotatable bonds is 6. The number of nitrogens with zero attached hydrogens (tertiary/aromatic N) is 3. The molecule has 1 aromatic heterocycles. The van der Waals surface area contributed by atoms with Crippen molar-refractivity contribution in [3.05, 3.63) is 11.7 Å². The molecule has 1 atom stereocenters. The monoisotopic (exact) mass is 311 g/mol. The fourth-order valence-corrected chi connectivity index (χ4v) is 2.31. The van der Waals surface area contributed by atoms with Crippen molar-refractivity contribution in [1.29, 1.82) is 0 Å². The highest BCUT2D eigenvalue weighted by Crippen LogP contribution is 2.08. The minimum absolute atomic E-state index is 0.0491. The number of hydrogen-bond acceptors (Lipinski definition) is 7. The molecule has 0 unspecified atom stereocenters. The summed E-state index contributed by atoms with van der Waals surface area (Å²) in [6.45, 7) is 4.84. The lowest BCUT2D eigenvalue weighted by atomic mass is 10.1. The third-order valence-electron chi connectivity index (χ3n) is 3.49. The molecule has 1 aromatic rings. The van der Waals surface area contributed by atoms with E-state index in [1.54, 1.807) is 0 Å². The quantitative estimate of drug-likeness (QED) is 0.704. The topological polar surface area (TPSA) is 110 Å². The third-order valence-corrected chi connectivity index (χ3v) is 3.49. The molecule has 9 nitrogen and oxygen atoms in total. The van der Waals surface area contributed by atoms with E-state index in [2.05, 4.69) is 25.7 Å². The predicted octanol–water partition coefficient (Wildman–Crippen LogP) is -0.844. The molecule has 1 aliphatic heterocycles. The van der Waals surface area contributed by atoms with Crippen molar-refractivity contribution in [3.63, 3.8) is 0 Å². The van der Waals surface area contributed by atoms with Crippen LogP contribution in [0.2, 0.25) is 0 Å². The van der Waals surface area contributed by atoms with Gasteiger partial charge in [0.2, 0.25) is 11.8 Å². The van der Waals surface area contributed by atoms with Crippen LogP contribution in [0.1, 0.15) is 29.9 Å². The van der Waals surface area contributed by atoms with Crippen LogP contribution in [0.15, 0.2) is 4.52 Å². The zero-order valence-electron chi connectivity index (χ0n) is 12.8. The second-order valence-corrected chi connectivity index (χ2v) is 4.88. The van der Waals surface area contributed by atoms with E-state index >= 15 is 0 Å². The van der Waals surface area contributed by atoms with Gasteiger partial charge in [-0.05, 0) is 6.42 Å². The second-order valence-electron chi connectivity index (χ2n) is 4.88. The number of morpholine rings is 1. The van der Waals surface area contributed by atoms with Gasteiger partial charge in [-0.1, -0.05) is 12.1 Å². The maximum absolute atomic E-state index is 12.3. The number of aromatic nitrogens is 2. The van der Waals surface area contributed by atoms with Gasteiger partial charge >= 0.3 is 0 Å². The van der Waals surface area contributed by atoms with Gasteiger partial charge in [-0.2, -0.15) is 4.98 Å². The molecule has 1 fully saturated rings. The van der Waals surface area contributed by atoms with E-state index in [4.69, 9.17) is 9.26 Å². The molecule has 2 heterocycles. The highest BCUT2D eigenvalue weighted by Gasteiger charge is 2.26. The van der Waals surface area contributed by atoms with Crippen molar-refractivity contribution in [2.24, 2.45) is 0 Å². The third kappa shape index (κ3) is 4.01. The molecular formula is C13H21N5O4. The lowest BCUT2D eigenvalue weighted by Gasteiger charge is -2.32. The molecule has 0 spiro atoms. The van der Waals surface area contributed by atoms with E-state index < -0.39 is 5.91 Å². The van der Waals surface area contributed by atoms with Crippen molar-refractivity contribution >= 4 is 11.8 Å². The average Bonchev–Trinajstić information content (AvgIpc) is 3.03. The van der Waals surface area contributed by atoms with Crippen LogP contribution < -0.4 is 10.6 Å². The molecule has 9 heteroatoms. The Hall–Kier alpha value is -2.00. The highest BCUT2D eigenvalue weighted by atomic mass is 16.5. The van der Waals surface area contributed by atoms with E-state index in [1.165, 1.54) is 7.05 Å². The summed E-state index contributed by atoms with van der Waals surface area (Å²) in [5.74, 6) is -0.374. The molecule has 122 valence electrons. The summed E-state index contributed by atoms with van der Waals surface area (Å²) in [5, 5.41) is 8.71. The van der Waals surface area contributed by atoms with Crippen LogP contribution in [0, 0.1) is 0 Å². The largest absolute Gasteiger partial charge is 0.379 e. The minimum atomic E-state index is -0.430. The van der Waals surface area contributed by atoms with Crippen LogP contribution in [-0.4, -0.2) is 66.2 Å². The maximum Gasteiger partial charge on any atom is 0.292 e. The number of ether oxygens (including phenoxy) is 1. The standard InChI is InChI=1S/C13H21N5O4/c1-3-9(18-4-6-21-7-5-18)12(19)15-8-10-16-11(17-22-10)13(20)14-2/h9H,3-8H2,1-2H3,(H,14,20)(H,15,19)/t9-/m0/s1. The summed E-state index contributed by atoms with van der Waals surface area (Å²) in [7, 11) is 1.48. The van der Waals surface area contributed by atoms with Gasteiger partial charge in [0.15, 0.2) is 0 Å². The maximum atomic E-state index is 12.3. The van der Waals surface area contributed by atoms with Gasteiger partial charge in [0.25, 0.3) is 11.7 Å². The average molecular weight is 311 g/mol. The molecule has 1 aliphatic rings. The first-order valence-corrected chi connectivity index (χ1v) is 7.29.